The second-order valence-corrected chi connectivity index (χ2v) is 9.41. The van der Waals surface area contributed by atoms with E-state index in [4.69, 9.17) is 5.73 Å². The number of ketones is 1. The lowest BCUT2D eigenvalue weighted by atomic mass is 9.96. The van der Waals surface area contributed by atoms with Crippen LogP contribution in [0.1, 0.15) is 129 Å². The van der Waals surface area contributed by atoms with Crippen LogP contribution in [0.25, 0.3) is 0 Å². The van der Waals surface area contributed by atoms with Crippen molar-refractivity contribution in [3.63, 3.8) is 0 Å². The van der Waals surface area contributed by atoms with Crippen LogP contribution in [-0.4, -0.2) is 35.4 Å². The van der Waals surface area contributed by atoms with Gasteiger partial charge in [0.05, 0.1) is 12.0 Å². The van der Waals surface area contributed by atoms with Gasteiger partial charge >= 0.3 is 5.97 Å². The number of hydrogen-bond donors (Lipinski definition) is 4. The Morgan fingerprint density at radius 1 is 0.758 bits per heavy atom. The van der Waals surface area contributed by atoms with Crippen molar-refractivity contribution in [2.75, 3.05) is 6.54 Å². The Kier molecular flexibility index (Phi) is 21.3. The summed E-state index contributed by atoms with van der Waals surface area (Å²) in [5.74, 6) is -2.07. The zero-order valence-electron chi connectivity index (χ0n) is 21.3. The number of hydrogen-bond acceptors (Lipinski definition) is 5. The molecule has 0 aromatic carbocycles. The van der Waals surface area contributed by atoms with Crippen LogP contribution in [0.15, 0.2) is 0 Å². The molecule has 0 aromatic heterocycles. The summed E-state index contributed by atoms with van der Waals surface area (Å²) in [6, 6.07) is -0.468. The molecule has 0 fully saturated rings. The van der Waals surface area contributed by atoms with Crippen LogP contribution < -0.4 is 16.6 Å². The number of unbranched alkanes of at least 4 members (excludes halogenated alkanes) is 13. The Labute approximate surface area is 202 Å². The molecule has 2 atom stereocenters. The molecular formula is C26H51N3O4. The molecule has 0 radical (unpaired) electrons. The zero-order valence-corrected chi connectivity index (χ0v) is 21.3. The van der Waals surface area contributed by atoms with Crippen LogP contribution in [0.4, 0.5) is 0 Å². The minimum atomic E-state index is -0.935. The molecule has 7 heteroatoms. The lowest BCUT2D eigenvalue weighted by Crippen LogP contribution is -2.48. The first-order valence-corrected chi connectivity index (χ1v) is 13.4. The van der Waals surface area contributed by atoms with Crippen LogP contribution in [0.3, 0.4) is 0 Å². The van der Waals surface area contributed by atoms with E-state index in [0.29, 0.717) is 19.4 Å². The maximum absolute atomic E-state index is 12.2. The van der Waals surface area contributed by atoms with Gasteiger partial charge in [0.15, 0.2) is 0 Å². The van der Waals surface area contributed by atoms with Crippen LogP contribution in [-0.2, 0) is 14.4 Å². The smallest absolute Gasteiger partial charge is 0.307 e. The van der Waals surface area contributed by atoms with E-state index in [0.717, 1.165) is 32.1 Å². The highest BCUT2D eigenvalue weighted by Crippen LogP contribution is 2.17. The fourth-order valence-electron chi connectivity index (χ4n) is 4.03. The molecule has 7 nitrogen and oxygen atoms in total. The number of nitrogens with two attached hydrogens (primary N) is 1. The van der Waals surface area contributed by atoms with Gasteiger partial charge in [0, 0.05) is 6.42 Å². The van der Waals surface area contributed by atoms with E-state index in [-0.39, 0.29) is 18.1 Å². The number of amides is 1. The van der Waals surface area contributed by atoms with Crippen LogP contribution in [0.5, 0.6) is 0 Å². The van der Waals surface area contributed by atoms with Crippen LogP contribution >= 0.6 is 0 Å². The van der Waals surface area contributed by atoms with Gasteiger partial charge in [-0.25, -0.2) is 5.43 Å². The monoisotopic (exact) mass is 469 g/mol. The van der Waals surface area contributed by atoms with Gasteiger partial charge < -0.3 is 10.8 Å². The summed E-state index contributed by atoms with van der Waals surface area (Å²) in [7, 11) is 0. The standard InChI is InChI=1S/C26H51N3O4/c1-3-4-5-6-7-8-9-10-11-12-13-14-15-18-23(26(32)33)21-25(31)29-28-24(22(2)30)19-16-17-20-27/h23-24,28H,3-21,27H2,1-2H3,(H,29,31)(H,32,33)/t23?,24-/m0/s1. The van der Waals surface area contributed by atoms with Gasteiger partial charge in [0.2, 0.25) is 5.91 Å². The van der Waals surface area contributed by atoms with Crippen molar-refractivity contribution in [1.29, 1.82) is 0 Å². The summed E-state index contributed by atoms with van der Waals surface area (Å²) in [5.41, 5.74) is 10.8. The Bertz CT molecular complexity index is 514. The van der Waals surface area contributed by atoms with E-state index in [9.17, 15) is 19.5 Å². The molecule has 0 rings (SSSR count). The number of Topliss-reactive ketones (excluding diaryl/α,β-unsaturated/α-hetero) is 1. The third-order valence-corrected chi connectivity index (χ3v) is 6.26. The van der Waals surface area contributed by atoms with Crippen molar-refractivity contribution in [2.45, 2.75) is 135 Å². The average Bonchev–Trinajstić information content (AvgIpc) is 2.78. The van der Waals surface area contributed by atoms with E-state index >= 15 is 0 Å². The van der Waals surface area contributed by atoms with Gasteiger partial charge in [0.1, 0.15) is 5.78 Å². The van der Waals surface area contributed by atoms with Crippen molar-refractivity contribution in [1.82, 2.24) is 10.9 Å². The highest BCUT2D eigenvalue weighted by Gasteiger charge is 2.22. The second-order valence-electron chi connectivity index (χ2n) is 9.41. The molecule has 1 unspecified atom stereocenters. The number of carbonyl (C=O) groups is 3. The predicted molar refractivity (Wildman–Crippen MR) is 135 cm³/mol. The Morgan fingerprint density at radius 2 is 1.24 bits per heavy atom. The molecule has 0 aromatic rings. The first kappa shape index (κ1) is 31.5. The van der Waals surface area contributed by atoms with Crippen molar-refractivity contribution in [3.8, 4) is 0 Å². The van der Waals surface area contributed by atoms with Gasteiger partial charge in [-0.05, 0) is 32.7 Å². The first-order valence-electron chi connectivity index (χ1n) is 13.4. The van der Waals surface area contributed by atoms with E-state index in [1.54, 1.807) is 0 Å². The Balaban J connectivity index is 3.89. The quantitative estimate of drug-likeness (QED) is 0.113. The number of nitrogens with one attached hydrogen (secondary N) is 2. The molecule has 194 valence electrons. The highest BCUT2D eigenvalue weighted by molar-refractivity contribution is 5.84. The second kappa shape index (κ2) is 22.3. The summed E-state index contributed by atoms with van der Waals surface area (Å²) in [4.78, 5) is 35.4. The van der Waals surface area contributed by atoms with Crippen molar-refractivity contribution in [2.24, 2.45) is 11.7 Å². The van der Waals surface area contributed by atoms with Gasteiger partial charge in [0.25, 0.3) is 0 Å². The largest absolute Gasteiger partial charge is 0.481 e. The molecule has 33 heavy (non-hydrogen) atoms. The molecule has 0 saturated carbocycles. The van der Waals surface area contributed by atoms with E-state index in [1.807, 2.05) is 0 Å². The lowest BCUT2D eigenvalue weighted by molar-refractivity contribution is -0.144. The first-order chi connectivity index (χ1) is 15.9. The van der Waals surface area contributed by atoms with E-state index in [2.05, 4.69) is 17.8 Å². The van der Waals surface area contributed by atoms with Crippen molar-refractivity contribution >= 4 is 17.7 Å². The fourth-order valence-corrected chi connectivity index (χ4v) is 4.03. The summed E-state index contributed by atoms with van der Waals surface area (Å²) in [6.45, 7) is 4.29. The fraction of sp³-hybridized carbons (Fsp3) is 0.885. The molecule has 0 aliphatic carbocycles. The van der Waals surface area contributed by atoms with Gasteiger partial charge in [-0.1, -0.05) is 96.8 Å². The predicted octanol–water partition coefficient (Wildman–Crippen LogP) is 5.27. The number of carboxylic acids is 1. The van der Waals surface area contributed by atoms with Crippen molar-refractivity contribution in [3.05, 3.63) is 0 Å². The molecule has 0 spiro atoms. The van der Waals surface area contributed by atoms with Crippen molar-refractivity contribution < 1.29 is 19.5 Å². The third-order valence-electron chi connectivity index (χ3n) is 6.26. The Morgan fingerprint density at radius 3 is 1.70 bits per heavy atom. The number of carbonyl (C=O) groups excluding carboxylic acids is 2. The average molecular weight is 470 g/mol. The van der Waals surface area contributed by atoms with E-state index in [1.165, 1.54) is 71.1 Å². The third kappa shape index (κ3) is 19.7. The number of hydrazine groups is 1. The maximum atomic E-state index is 12.2. The number of carboxylic acid groups (broad SMARTS) is 1. The highest BCUT2D eigenvalue weighted by atomic mass is 16.4. The van der Waals surface area contributed by atoms with Gasteiger partial charge in [-0.3, -0.25) is 19.8 Å². The minimum Gasteiger partial charge on any atom is -0.481 e. The van der Waals surface area contributed by atoms with Gasteiger partial charge in [-0.2, -0.15) is 0 Å². The number of aliphatic carboxylic acids is 1. The Hall–Kier alpha value is -1.47. The minimum absolute atomic E-state index is 0.0610. The molecule has 0 saturated heterocycles. The molecule has 0 bridgehead atoms. The summed E-state index contributed by atoms with van der Waals surface area (Å²) >= 11 is 0. The SMILES string of the molecule is CCCCCCCCCCCCCCCC(CC(=O)NN[C@@H](CCCCN)C(C)=O)C(=O)O. The topological polar surface area (TPSA) is 122 Å². The van der Waals surface area contributed by atoms with Crippen LogP contribution in [0, 0.1) is 5.92 Å². The molecule has 0 aliphatic heterocycles. The van der Waals surface area contributed by atoms with Gasteiger partial charge in [-0.15, -0.1) is 0 Å². The molecule has 0 aliphatic rings. The maximum Gasteiger partial charge on any atom is 0.307 e. The number of rotatable bonds is 24. The molecule has 1 amide bonds. The molecule has 0 heterocycles. The van der Waals surface area contributed by atoms with E-state index < -0.39 is 17.9 Å². The summed E-state index contributed by atoms with van der Waals surface area (Å²) in [5, 5.41) is 9.46. The summed E-state index contributed by atoms with van der Waals surface area (Å²) < 4.78 is 0. The zero-order chi connectivity index (χ0) is 24.7. The lowest BCUT2D eigenvalue weighted by Gasteiger charge is -2.18. The van der Waals surface area contributed by atoms with Crippen LogP contribution in [0.2, 0.25) is 0 Å². The molecule has 5 N–H and O–H groups in total. The normalized spacial score (nSPS) is 12.9. The molecular weight excluding hydrogens is 418 g/mol. The summed E-state index contributed by atoms with van der Waals surface area (Å²) in [6.07, 6.45) is 18.8.